The summed E-state index contributed by atoms with van der Waals surface area (Å²) >= 11 is 0. The summed E-state index contributed by atoms with van der Waals surface area (Å²) < 4.78 is 7.49. The van der Waals surface area contributed by atoms with Crippen LogP contribution in [0.2, 0.25) is 0 Å². The summed E-state index contributed by atoms with van der Waals surface area (Å²) in [6.07, 6.45) is 2.34. The van der Waals surface area contributed by atoms with E-state index in [-0.39, 0.29) is 17.7 Å². The SMILES string of the molecule is Cc1c(C(=O)NCCC2COc3ccc(C(=N)N)cc32)cnn1-c1ccccc1. The maximum atomic E-state index is 12.6. The molecule has 2 heterocycles. The molecule has 0 saturated heterocycles. The number of nitrogens with two attached hydrogens (primary N) is 1. The van der Waals surface area contributed by atoms with Gasteiger partial charge in [0.2, 0.25) is 0 Å². The Hall–Kier alpha value is -3.61. The Morgan fingerprint density at radius 1 is 1.31 bits per heavy atom. The predicted octanol–water partition coefficient (Wildman–Crippen LogP) is 2.76. The highest BCUT2D eigenvalue weighted by atomic mass is 16.5. The number of nitrogens with one attached hydrogen (secondary N) is 2. The third-order valence-corrected chi connectivity index (χ3v) is 5.23. The molecule has 7 nitrogen and oxygen atoms in total. The Balaban J connectivity index is 1.39. The Morgan fingerprint density at radius 2 is 2.10 bits per heavy atom. The molecule has 0 fully saturated rings. The molecule has 2 aromatic carbocycles. The molecule has 3 aromatic rings. The number of carbonyl (C=O) groups excluding carboxylic acids is 1. The molecule has 4 rings (SSSR count). The number of para-hydroxylation sites is 1. The van der Waals surface area contributed by atoms with Crippen LogP contribution in [0.1, 0.15) is 39.5 Å². The van der Waals surface area contributed by atoms with Crippen LogP contribution in [0, 0.1) is 12.3 Å². The van der Waals surface area contributed by atoms with Crippen molar-refractivity contribution in [2.45, 2.75) is 19.3 Å². The normalized spacial score (nSPS) is 14.9. The second kappa shape index (κ2) is 7.79. The number of rotatable bonds is 6. The van der Waals surface area contributed by atoms with E-state index < -0.39 is 0 Å². The maximum absolute atomic E-state index is 12.6. The van der Waals surface area contributed by atoms with Crippen molar-refractivity contribution in [1.29, 1.82) is 5.41 Å². The van der Waals surface area contributed by atoms with E-state index in [4.69, 9.17) is 15.9 Å². The molecule has 1 aliphatic heterocycles. The Labute approximate surface area is 169 Å². The monoisotopic (exact) mass is 389 g/mol. The number of fused-ring (bicyclic) bond motifs is 1. The highest BCUT2D eigenvalue weighted by Crippen LogP contribution is 2.36. The summed E-state index contributed by atoms with van der Waals surface area (Å²) in [6.45, 7) is 2.98. The number of nitrogens with zero attached hydrogens (tertiary/aromatic N) is 2. The number of carbonyl (C=O) groups is 1. The van der Waals surface area contributed by atoms with Gasteiger partial charge in [-0.3, -0.25) is 10.2 Å². The van der Waals surface area contributed by atoms with Crippen LogP contribution >= 0.6 is 0 Å². The van der Waals surface area contributed by atoms with E-state index in [0.29, 0.717) is 24.3 Å². The van der Waals surface area contributed by atoms with E-state index in [1.54, 1.807) is 16.9 Å². The Kier molecular flexibility index (Phi) is 5.03. The van der Waals surface area contributed by atoms with Gasteiger partial charge in [0.15, 0.2) is 0 Å². The van der Waals surface area contributed by atoms with Crippen molar-refractivity contribution in [1.82, 2.24) is 15.1 Å². The Bertz CT molecular complexity index is 1060. The first-order valence-electron chi connectivity index (χ1n) is 9.54. The number of aromatic nitrogens is 2. The van der Waals surface area contributed by atoms with Crippen LogP contribution < -0.4 is 15.8 Å². The van der Waals surface area contributed by atoms with Gasteiger partial charge in [0.25, 0.3) is 5.91 Å². The molecule has 7 heteroatoms. The summed E-state index contributed by atoms with van der Waals surface area (Å²) in [5.41, 5.74) is 9.61. The smallest absolute Gasteiger partial charge is 0.254 e. The minimum atomic E-state index is -0.138. The van der Waals surface area contributed by atoms with Crippen molar-refractivity contribution >= 4 is 11.7 Å². The van der Waals surface area contributed by atoms with Gasteiger partial charge >= 0.3 is 0 Å². The molecule has 1 unspecified atom stereocenters. The highest BCUT2D eigenvalue weighted by Gasteiger charge is 2.25. The van der Waals surface area contributed by atoms with Crippen LogP contribution in [0.4, 0.5) is 0 Å². The van der Waals surface area contributed by atoms with E-state index in [1.165, 1.54) is 0 Å². The van der Waals surface area contributed by atoms with E-state index >= 15 is 0 Å². The average Bonchev–Trinajstić information content (AvgIpc) is 3.31. The average molecular weight is 389 g/mol. The van der Waals surface area contributed by atoms with Crippen molar-refractivity contribution in [2.24, 2.45) is 5.73 Å². The summed E-state index contributed by atoms with van der Waals surface area (Å²) in [7, 11) is 0. The molecule has 1 amide bonds. The minimum absolute atomic E-state index is 0.0395. The number of amides is 1. The lowest BCUT2D eigenvalue weighted by molar-refractivity contribution is 0.0951. The van der Waals surface area contributed by atoms with Crippen molar-refractivity contribution in [3.63, 3.8) is 0 Å². The number of benzene rings is 2. The maximum Gasteiger partial charge on any atom is 0.254 e. The molecule has 4 N–H and O–H groups in total. The van der Waals surface area contributed by atoms with Crippen molar-refractivity contribution < 1.29 is 9.53 Å². The fourth-order valence-electron chi connectivity index (χ4n) is 3.60. The van der Waals surface area contributed by atoms with Gasteiger partial charge in [-0.2, -0.15) is 5.10 Å². The van der Waals surface area contributed by atoms with Gasteiger partial charge < -0.3 is 15.8 Å². The van der Waals surface area contributed by atoms with E-state index in [0.717, 1.165) is 29.1 Å². The van der Waals surface area contributed by atoms with E-state index in [9.17, 15) is 4.79 Å². The van der Waals surface area contributed by atoms with Crippen molar-refractivity contribution in [3.8, 4) is 11.4 Å². The number of hydrogen-bond donors (Lipinski definition) is 3. The second-order valence-electron chi connectivity index (χ2n) is 7.11. The lowest BCUT2D eigenvalue weighted by Gasteiger charge is -2.11. The third-order valence-electron chi connectivity index (χ3n) is 5.23. The molecule has 148 valence electrons. The predicted molar refractivity (Wildman–Crippen MR) is 111 cm³/mol. The van der Waals surface area contributed by atoms with Crippen LogP contribution in [0.25, 0.3) is 5.69 Å². The van der Waals surface area contributed by atoms with Crippen molar-refractivity contribution in [2.75, 3.05) is 13.2 Å². The summed E-state index contributed by atoms with van der Waals surface area (Å²) in [6, 6.07) is 15.3. The molecular formula is C22H23N5O2. The topological polar surface area (TPSA) is 106 Å². The lowest BCUT2D eigenvalue weighted by atomic mass is 9.96. The fraction of sp³-hybridized carbons (Fsp3) is 0.227. The quantitative estimate of drug-likeness (QED) is 0.445. The zero-order valence-electron chi connectivity index (χ0n) is 16.2. The molecule has 1 aliphatic rings. The molecule has 1 atom stereocenters. The van der Waals surface area contributed by atoms with Gasteiger partial charge in [-0.05, 0) is 43.7 Å². The molecule has 0 spiro atoms. The fourth-order valence-corrected chi connectivity index (χ4v) is 3.60. The van der Waals surface area contributed by atoms with Crippen LogP contribution in [0.5, 0.6) is 5.75 Å². The first kappa shape index (κ1) is 18.7. The zero-order valence-corrected chi connectivity index (χ0v) is 16.2. The van der Waals surface area contributed by atoms with Gasteiger partial charge in [-0.15, -0.1) is 0 Å². The van der Waals surface area contributed by atoms with E-state index in [2.05, 4.69) is 10.4 Å². The number of amidine groups is 1. The van der Waals surface area contributed by atoms with Crippen molar-refractivity contribution in [3.05, 3.63) is 77.1 Å². The molecule has 29 heavy (non-hydrogen) atoms. The standard InChI is InChI=1S/C22H23N5O2/c1-14-19(12-26-27(14)17-5-3-2-4-6-17)22(28)25-10-9-16-13-29-20-8-7-15(21(23)24)11-18(16)20/h2-8,11-12,16H,9-10,13H2,1H3,(H3,23,24)(H,25,28). The molecule has 1 aromatic heterocycles. The largest absolute Gasteiger partial charge is 0.493 e. The second-order valence-corrected chi connectivity index (χ2v) is 7.11. The Morgan fingerprint density at radius 3 is 2.86 bits per heavy atom. The van der Waals surface area contributed by atoms with Crippen LogP contribution in [-0.2, 0) is 0 Å². The number of hydrogen-bond acceptors (Lipinski definition) is 4. The first-order chi connectivity index (χ1) is 14.0. The third kappa shape index (κ3) is 3.71. The summed E-state index contributed by atoms with van der Waals surface area (Å²) in [5, 5.41) is 14.9. The van der Waals surface area contributed by atoms with Gasteiger partial charge in [-0.25, -0.2) is 4.68 Å². The molecule has 0 bridgehead atoms. The van der Waals surface area contributed by atoms with Crippen LogP contribution in [0.3, 0.4) is 0 Å². The van der Waals surface area contributed by atoms with Gasteiger partial charge in [0.05, 0.1) is 29.7 Å². The highest BCUT2D eigenvalue weighted by molar-refractivity contribution is 5.95. The van der Waals surface area contributed by atoms with E-state index in [1.807, 2.05) is 49.4 Å². The molecule has 0 radical (unpaired) electrons. The minimum Gasteiger partial charge on any atom is -0.493 e. The van der Waals surface area contributed by atoms with Crippen LogP contribution in [0.15, 0.2) is 54.7 Å². The summed E-state index contributed by atoms with van der Waals surface area (Å²) in [4.78, 5) is 12.6. The van der Waals surface area contributed by atoms with Crippen LogP contribution in [-0.4, -0.2) is 34.7 Å². The molecule has 0 aliphatic carbocycles. The van der Waals surface area contributed by atoms with Gasteiger partial charge in [0.1, 0.15) is 11.6 Å². The summed E-state index contributed by atoms with van der Waals surface area (Å²) in [5.74, 6) is 0.892. The number of nitrogen functional groups attached to an aromatic ring is 1. The van der Waals surface area contributed by atoms with Gasteiger partial charge in [-0.1, -0.05) is 18.2 Å². The lowest BCUT2D eigenvalue weighted by Crippen LogP contribution is -2.26. The number of ether oxygens (including phenoxy) is 1. The molecule has 0 saturated carbocycles. The molecular weight excluding hydrogens is 366 g/mol. The van der Waals surface area contributed by atoms with Gasteiger partial charge in [0, 0.05) is 23.6 Å². The zero-order chi connectivity index (χ0) is 20.4. The first-order valence-corrected chi connectivity index (χ1v) is 9.54.